The van der Waals surface area contributed by atoms with Gasteiger partial charge in [0.1, 0.15) is 5.75 Å². The van der Waals surface area contributed by atoms with Crippen LogP contribution in [0.25, 0.3) is 0 Å². The van der Waals surface area contributed by atoms with Gasteiger partial charge >= 0.3 is 0 Å². The molecule has 0 spiro atoms. The molecule has 0 heterocycles. The Hall–Kier alpha value is -3.11. The Labute approximate surface area is 219 Å². The molecule has 0 aliphatic heterocycles. The molecule has 1 unspecified atom stereocenters. The molecule has 3 aromatic rings. The molecule has 0 aliphatic carbocycles. The van der Waals surface area contributed by atoms with Crippen molar-refractivity contribution in [2.75, 3.05) is 42.1 Å². The van der Waals surface area contributed by atoms with E-state index in [9.17, 15) is 8.42 Å². The van der Waals surface area contributed by atoms with Gasteiger partial charge in [-0.25, -0.2) is 8.42 Å². The summed E-state index contributed by atoms with van der Waals surface area (Å²) in [7, 11) is 3.87. The third-order valence-electron chi connectivity index (χ3n) is 6.13. The van der Waals surface area contributed by atoms with Crippen molar-refractivity contribution in [1.29, 1.82) is 0 Å². The zero-order chi connectivity index (χ0) is 26.8. The molecular formula is C28H35NO7S. The average molecular weight is 530 g/mol. The molecular weight excluding hydrogens is 494 g/mol. The van der Waals surface area contributed by atoms with Crippen LogP contribution in [-0.2, 0) is 31.7 Å². The highest BCUT2D eigenvalue weighted by atomic mass is 32.2. The van der Waals surface area contributed by atoms with Gasteiger partial charge in [-0.15, -0.1) is 0 Å². The Morgan fingerprint density at radius 3 is 1.95 bits per heavy atom. The normalized spacial score (nSPS) is 12.5. The van der Waals surface area contributed by atoms with Gasteiger partial charge in [-0.2, -0.15) is 4.31 Å². The third kappa shape index (κ3) is 7.45. The fourth-order valence-corrected chi connectivity index (χ4v) is 5.84. The van der Waals surface area contributed by atoms with Gasteiger partial charge in [-0.05, 0) is 47.4 Å². The number of hydrogen-bond acceptors (Lipinski definition) is 7. The summed E-state index contributed by atoms with van der Waals surface area (Å²) in [5.41, 5.74) is 2.37. The van der Waals surface area contributed by atoms with Crippen molar-refractivity contribution in [3.05, 3.63) is 89.5 Å². The lowest BCUT2D eigenvalue weighted by Crippen LogP contribution is -2.42. The van der Waals surface area contributed by atoms with Crippen molar-refractivity contribution in [3.8, 4) is 17.2 Å². The monoisotopic (exact) mass is 529 g/mol. The summed E-state index contributed by atoms with van der Waals surface area (Å²) in [6.45, 7) is -0.00265. The second-order valence-corrected chi connectivity index (χ2v) is 10.3. The molecule has 1 atom stereocenters. The van der Waals surface area contributed by atoms with Crippen LogP contribution in [0.15, 0.2) is 72.8 Å². The van der Waals surface area contributed by atoms with Crippen molar-refractivity contribution in [1.82, 2.24) is 4.31 Å². The quantitative estimate of drug-likeness (QED) is 0.285. The first kappa shape index (κ1) is 28.5. The molecule has 0 N–H and O–H groups in total. The summed E-state index contributed by atoms with van der Waals surface area (Å²) in [5, 5.41) is 0. The molecule has 0 radical (unpaired) electrons. The zero-order valence-electron chi connectivity index (χ0n) is 21.9. The maximum atomic E-state index is 14.0. The Morgan fingerprint density at radius 2 is 1.38 bits per heavy atom. The van der Waals surface area contributed by atoms with Gasteiger partial charge in [0, 0.05) is 14.2 Å². The van der Waals surface area contributed by atoms with E-state index >= 15 is 0 Å². The van der Waals surface area contributed by atoms with E-state index in [1.54, 1.807) is 39.5 Å². The van der Waals surface area contributed by atoms with Crippen LogP contribution in [0.3, 0.4) is 0 Å². The zero-order valence-corrected chi connectivity index (χ0v) is 22.7. The van der Waals surface area contributed by atoms with E-state index in [4.69, 9.17) is 23.7 Å². The fourth-order valence-electron chi connectivity index (χ4n) is 4.13. The molecule has 3 aromatic carbocycles. The van der Waals surface area contributed by atoms with Crippen LogP contribution in [0.1, 0.15) is 22.7 Å². The number of nitrogens with zero attached hydrogens (tertiary/aromatic N) is 1. The van der Waals surface area contributed by atoms with Gasteiger partial charge in [0.05, 0.1) is 39.7 Å². The Morgan fingerprint density at radius 1 is 0.730 bits per heavy atom. The Bertz CT molecular complexity index is 1210. The lowest BCUT2D eigenvalue weighted by molar-refractivity contribution is -0.110. The first-order valence-electron chi connectivity index (χ1n) is 11.8. The van der Waals surface area contributed by atoms with Gasteiger partial charge in [0.15, 0.2) is 17.8 Å². The fraction of sp³-hybridized carbons (Fsp3) is 0.357. The molecule has 200 valence electrons. The van der Waals surface area contributed by atoms with Crippen LogP contribution < -0.4 is 14.2 Å². The van der Waals surface area contributed by atoms with Gasteiger partial charge in [-0.3, -0.25) is 0 Å². The number of sulfonamides is 1. The van der Waals surface area contributed by atoms with E-state index in [0.717, 1.165) is 16.9 Å². The molecule has 9 heteroatoms. The summed E-state index contributed by atoms with van der Waals surface area (Å²) in [6, 6.07) is 21.5. The average Bonchev–Trinajstić information content (AvgIpc) is 2.93. The topological polar surface area (TPSA) is 83.5 Å². The van der Waals surface area contributed by atoms with Gasteiger partial charge < -0.3 is 23.7 Å². The molecule has 37 heavy (non-hydrogen) atoms. The lowest BCUT2D eigenvalue weighted by Gasteiger charge is -2.33. The van der Waals surface area contributed by atoms with Crippen molar-refractivity contribution >= 4 is 10.0 Å². The summed E-state index contributed by atoms with van der Waals surface area (Å²) in [6.07, 6.45) is -0.364. The standard InChI is InChI=1S/C28H35NO7S/c1-32-24-14-11-21(12-15-24)17-25(23-13-16-26(33-2)27(18-23)34-3)29(19-28(35-4)36-5)37(30,31)20-22-9-7-6-8-10-22/h6-16,18,25,28H,17,19-20H2,1-5H3. The molecule has 0 aromatic heterocycles. The van der Waals surface area contributed by atoms with Crippen LogP contribution in [0.5, 0.6) is 17.2 Å². The highest BCUT2D eigenvalue weighted by molar-refractivity contribution is 7.88. The first-order valence-corrected chi connectivity index (χ1v) is 13.4. The van der Waals surface area contributed by atoms with Crippen LogP contribution in [0, 0.1) is 0 Å². The highest BCUT2D eigenvalue weighted by Gasteiger charge is 2.34. The van der Waals surface area contributed by atoms with Crippen LogP contribution >= 0.6 is 0 Å². The van der Waals surface area contributed by atoms with Crippen LogP contribution in [0.2, 0.25) is 0 Å². The molecule has 8 nitrogen and oxygen atoms in total. The van der Waals surface area contributed by atoms with Crippen LogP contribution in [-0.4, -0.2) is 61.1 Å². The molecule has 0 amide bonds. The molecule has 0 aliphatic rings. The van der Waals surface area contributed by atoms with Crippen molar-refractivity contribution < 1.29 is 32.1 Å². The minimum absolute atomic E-state index is 0.00265. The third-order valence-corrected chi connectivity index (χ3v) is 7.95. The predicted molar refractivity (Wildman–Crippen MR) is 143 cm³/mol. The minimum atomic E-state index is -3.83. The highest BCUT2D eigenvalue weighted by Crippen LogP contribution is 2.36. The SMILES string of the molecule is COc1ccc(CC(c2ccc(OC)c(OC)c2)N(CC(OC)OC)S(=O)(=O)Cc2ccccc2)cc1. The number of ether oxygens (including phenoxy) is 5. The number of rotatable bonds is 14. The minimum Gasteiger partial charge on any atom is -0.497 e. The summed E-state index contributed by atoms with van der Waals surface area (Å²) < 4.78 is 56.5. The maximum absolute atomic E-state index is 14.0. The summed E-state index contributed by atoms with van der Waals surface area (Å²) in [5.74, 6) is 1.62. The Balaban J connectivity index is 2.13. The number of methoxy groups -OCH3 is 5. The summed E-state index contributed by atoms with van der Waals surface area (Å²) >= 11 is 0. The Kier molecular flexibility index (Phi) is 10.3. The second-order valence-electron chi connectivity index (χ2n) is 8.39. The van der Waals surface area contributed by atoms with Gasteiger partial charge in [0.25, 0.3) is 0 Å². The van der Waals surface area contributed by atoms with Crippen LogP contribution in [0.4, 0.5) is 0 Å². The lowest BCUT2D eigenvalue weighted by atomic mass is 9.98. The van der Waals surface area contributed by atoms with E-state index in [0.29, 0.717) is 23.5 Å². The van der Waals surface area contributed by atoms with E-state index < -0.39 is 22.4 Å². The van der Waals surface area contributed by atoms with Gasteiger partial charge in [0.2, 0.25) is 10.0 Å². The van der Waals surface area contributed by atoms with E-state index in [1.165, 1.54) is 18.5 Å². The van der Waals surface area contributed by atoms with E-state index in [1.807, 2.05) is 54.6 Å². The largest absolute Gasteiger partial charge is 0.497 e. The molecule has 3 rings (SSSR count). The summed E-state index contributed by atoms with van der Waals surface area (Å²) in [4.78, 5) is 0. The molecule has 0 saturated heterocycles. The first-order chi connectivity index (χ1) is 17.8. The smallest absolute Gasteiger partial charge is 0.219 e. The number of benzene rings is 3. The van der Waals surface area contributed by atoms with Crippen molar-refractivity contribution in [2.24, 2.45) is 0 Å². The van der Waals surface area contributed by atoms with Crippen molar-refractivity contribution in [3.63, 3.8) is 0 Å². The molecule has 0 bridgehead atoms. The van der Waals surface area contributed by atoms with Gasteiger partial charge in [-0.1, -0.05) is 48.5 Å². The molecule has 0 saturated carbocycles. The number of hydrogen-bond donors (Lipinski definition) is 0. The maximum Gasteiger partial charge on any atom is 0.219 e. The predicted octanol–water partition coefficient (Wildman–Crippen LogP) is 4.45. The van der Waals surface area contributed by atoms with Crippen molar-refractivity contribution in [2.45, 2.75) is 24.5 Å². The van der Waals surface area contributed by atoms with E-state index in [-0.39, 0.29) is 12.3 Å². The van der Waals surface area contributed by atoms with E-state index in [2.05, 4.69) is 0 Å². The second kappa shape index (κ2) is 13.4. The molecule has 0 fully saturated rings.